The SMILES string of the molecule is Cc1ccc(NC(=O)c2ccc(Br)c(C)c2)c(C(=O)O)c1. The molecule has 0 saturated heterocycles. The summed E-state index contributed by atoms with van der Waals surface area (Å²) < 4.78 is 0.917. The molecule has 2 aromatic rings. The van der Waals surface area contributed by atoms with E-state index >= 15 is 0 Å². The molecule has 0 unspecified atom stereocenters. The van der Waals surface area contributed by atoms with Gasteiger partial charge >= 0.3 is 5.97 Å². The van der Waals surface area contributed by atoms with Gasteiger partial charge in [-0.25, -0.2) is 4.79 Å². The Morgan fingerprint density at radius 3 is 2.43 bits per heavy atom. The Labute approximate surface area is 130 Å². The highest BCUT2D eigenvalue weighted by Gasteiger charge is 2.14. The number of carboxylic acids is 1. The summed E-state index contributed by atoms with van der Waals surface area (Å²) in [5.41, 5.74) is 2.61. The van der Waals surface area contributed by atoms with E-state index in [1.54, 1.807) is 37.3 Å². The van der Waals surface area contributed by atoms with E-state index in [1.807, 2.05) is 6.92 Å². The van der Waals surface area contributed by atoms with Crippen LogP contribution in [0.5, 0.6) is 0 Å². The van der Waals surface area contributed by atoms with Gasteiger partial charge in [-0.2, -0.15) is 0 Å². The normalized spacial score (nSPS) is 10.2. The predicted octanol–water partition coefficient (Wildman–Crippen LogP) is 4.02. The molecule has 0 aromatic heterocycles. The molecule has 2 aromatic carbocycles. The highest BCUT2D eigenvalue weighted by molar-refractivity contribution is 9.10. The molecule has 0 spiro atoms. The van der Waals surface area contributed by atoms with E-state index in [4.69, 9.17) is 0 Å². The van der Waals surface area contributed by atoms with Crippen LogP contribution in [0.1, 0.15) is 31.8 Å². The van der Waals surface area contributed by atoms with Crippen molar-refractivity contribution in [1.29, 1.82) is 0 Å². The van der Waals surface area contributed by atoms with Gasteiger partial charge < -0.3 is 10.4 Å². The summed E-state index contributed by atoms with van der Waals surface area (Å²) in [5, 5.41) is 11.8. The topological polar surface area (TPSA) is 66.4 Å². The third-order valence-corrected chi connectivity index (χ3v) is 3.96. The van der Waals surface area contributed by atoms with Crippen LogP contribution in [0.25, 0.3) is 0 Å². The Morgan fingerprint density at radius 2 is 1.81 bits per heavy atom. The molecule has 4 nitrogen and oxygen atoms in total. The first-order chi connectivity index (χ1) is 9.88. The molecule has 0 aliphatic heterocycles. The zero-order chi connectivity index (χ0) is 15.6. The summed E-state index contributed by atoms with van der Waals surface area (Å²) in [6.07, 6.45) is 0. The molecular weight excluding hydrogens is 334 g/mol. The second-order valence-electron chi connectivity index (χ2n) is 4.77. The fourth-order valence-corrected chi connectivity index (χ4v) is 2.17. The molecule has 108 valence electrons. The summed E-state index contributed by atoms with van der Waals surface area (Å²) in [6.45, 7) is 3.69. The lowest BCUT2D eigenvalue weighted by Crippen LogP contribution is -2.15. The number of nitrogens with one attached hydrogen (secondary N) is 1. The molecule has 2 N–H and O–H groups in total. The number of rotatable bonds is 3. The summed E-state index contributed by atoms with van der Waals surface area (Å²) >= 11 is 3.37. The first-order valence-corrected chi connectivity index (χ1v) is 7.09. The minimum Gasteiger partial charge on any atom is -0.478 e. The highest BCUT2D eigenvalue weighted by atomic mass is 79.9. The van der Waals surface area contributed by atoms with Crippen LogP contribution in [-0.4, -0.2) is 17.0 Å². The van der Waals surface area contributed by atoms with Crippen molar-refractivity contribution in [3.8, 4) is 0 Å². The van der Waals surface area contributed by atoms with E-state index < -0.39 is 5.97 Å². The van der Waals surface area contributed by atoms with E-state index in [0.717, 1.165) is 15.6 Å². The molecule has 0 aliphatic rings. The number of benzene rings is 2. The number of anilines is 1. The van der Waals surface area contributed by atoms with Crippen molar-refractivity contribution in [2.24, 2.45) is 0 Å². The van der Waals surface area contributed by atoms with Gasteiger partial charge in [0, 0.05) is 10.0 Å². The number of carbonyl (C=O) groups excluding carboxylic acids is 1. The summed E-state index contributed by atoms with van der Waals surface area (Å²) in [4.78, 5) is 23.5. The number of carbonyl (C=O) groups is 2. The lowest BCUT2D eigenvalue weighted by molar-refractivity contribution is 0.0698. The first kappa shape index (κ1) is 15.3. The second-order valence-corrected chi connectivity index (χ2v) is 5.63. The van der Waals surface area contributed by atoms with Crippen molar-refractivity contribution >= 4 is 33.5 Å². The van der Waals surface area contributed by atoms with Crippen molar-refractivity contribution in [2.75, 3.05) is 5.32 Å². The summed E-state index contributed by atoms with van der Waals surface area (Å²) in [7, 11) is 0. The van der Waals surface area contributed by atoms with E-state index in [9.17, 15) is 14.7 Å². The Balaban J connectivity index is 2.31. The number of aromatic carboxylic acids is 1. The number of hydrogen-bond acceptors (Lipinski definition) is 2. The molecular formula is C16H14BrNO3. The standard InChI is InChI=1S/C16H14BrNO3/c1-9-3-6-14(12(7-9)16(20)21)18-15(19)11-4-5-13(17)10(2)8-11/h3-8H,1-2H3,(H,18,19)(H,20,21). The van der Waals surface area contributed by atoms with Crippen LogP contribution in [-0.2, 0) is 0 Å². The Morgan fingerprint density at radius 1 is 1.10 bits per heavy atom. The molecule has 0 atom stereocenters. The average molecular weight is 348 g/mol. The Hall–Kier alpha value is -2.14. The third kappa shape index (κ3) is 3.49. The zero-order valence-corrected chi connectivity index (χ0v) is 13.2. The van der Waals surface area contributed by atoms with Crippen LogP contribution >= 0.6 is 15.9 Å². The zero-order valence-electron chi connectivity index (χ0n) is 11.6. The number of aryl methyl sites for hydroxylation is 2. The maximum atomic E-state index is 12.2. The van der Waals surface area contributed by atoms with Crippen LogP contribution in [0.15, 0.2) is 40.9 Å². The average Bonchev–Trinajstić information content (AvgIpc) is 2.43. The van der Waals surface area contributed by atoms with E-state index in [-0.39, 0.29) is 11.5 Å². The number of hydrogen-bond donors (Lipinski definition) is 2. The van der Waals surface area contributed by atoms with Crippen molar-refractivity contribution in [1.82, 2.24) is 0 Å². The molecule has 2 rings (SSSR count). The molecule has 0 aliphatic carbocycles. The van der Waals surface area contributed by atoms with Crippen molar-refractivity contribution in [3.05, 3.63) is 63.1 Å². The van der Waals surface area contributed by atoms with E-state index in [1.165, 1.54) is 6.07 Å². The van der Waals surface area contributed by atoms with Crippen molar-refractivity contribution in [3.63, 3.8) is 0 Å². The largest absolute Gasteiger partial charge is 0.478 e. The van der Waals surface area contributed by atoms with Crippen LogP contribution in [0.4, 0.5) is 5.69 Å². The van der Waals surface area contributed by atoms with Crippen LogP contribution < -0.4 is 5.32 Å². The fraction of sp³-hybridized carbons (Fsp3) is 0.125. The van der Waals surface area contributed by atoms with Gasteiger partial charge in [0.05, 0.1) is 11.3 Å². The molecule has 0 bridgehead atoms. The van der Waals surface area contributed by atoms with Gasteiger partial charge in [0.2, 0.25) is 0 Å². The number of halogens is 1. The minimum absolute atomic E-state index is 0.0807. The minimum atomic E-state index is -1.07. The molecule has 0 saturated carbocycles. The maximum Gasteiger partial charge on any atom is 0.337 e. The molecule has 5 heteroatoms. The molecule has 0 heterocycles. The van der Waals surface area contributed by atoms with Crippen molar-refractivity contribution in [2.45, 2.75) is 13.8 Å². The van der Waals surface area contributed by atoms with Gasteiger partial charge in [0.1, 0.15) is 0 Å². The lowest BCUT2D eigenvalue weighted by Gasteiger charge is -2.10. The van der Waals surface area contributed by atoms with Crippen LogP contribution in [0.3, 0.4) is 0 Å². The van der Waals surface area contributed by atoms with Gasteiger partial charge in [-0.15, -0.1) is 0 Å². The first-order valence-electron chi connectivity index (χ1n) is 6.30. The lowest BCUT2D eigenvalue weighted by atomic mass is 10.1. The quantitative estimate of drug-likeness (QED) is 0.881. The van der Waals surface area contributed by atoms with Gasteiger partial charge in [-0.3, -0.25) is 4.79 Å². The Kier molecular flexibility index (Phi) is 4.43. The molecule has 0 radical (unpaired) electrons. The number of carboxylic acid groups (broad SMARTS) is 1. The van der Waals surface area contributed by atoms with Gasteiger partial charge in [-0.1, -0.05) is 27.6 Å². The van der Waals surface area contributed by atoms with Gasteiger partial charge in [0.25, 0.3) is 5.91 Å². The van der Waals surface area contributed by atoms with Crippen LogP contribution in [0, 0.1) is 13.8 Å². The fourth-order valence-electron chi connectivity index (χ4n) is 1.92. The molecule has 21 heavy (non-hydrogen) atoms. The molecule has 1 amide bonds. The highest BCUT2D eigenvalue weighted by Crippen LogP contribution is 2.21. The maximum absolute atomic E-state index is 12.2. The summed E-state index contributed by atoms with van der Waals surface area (Å²) in [5.74, 6) is -1.40. The smallest absolute Gasteiger partial charge is 0.337 e. The second kappa shape index (κ2) is 6.10. The van der Waals surface area contributed by atoms with Gasteiger partial charge in [0.15, 0.2) is 0 Å². The Bertz CT molecular complexity index is 725. The van der Waals surface area contributed by atoms with Crippen molar-refractivity contribution < 1.29 is 14.7 Å². The van der Waals surface area contributed by atoms with E-state index in [0.29, 0.717) is 11.3 Å². The monoisotopic (exact) mass is 347 g/mol. The third-order valence-electron chi connectivity index (χ3n) is 3.07. The molecule has 0 fully saturated rings. The van der Waals surface area contributed by atoms with Crippen LogP contribution in [0.2, 0.25) is 0 Å². The van der Waals surface area contributed by atoms with Gasteiger partial charge in [-0.05, 0) is 49.7 Å². The van der Waals surface area contributed by atoms with E-state index in [2.05, 4.69) is 21.2 Å². The number of amides is 1. The summed E-state index contributed by atoms with van der Waals surface area (Å²) in [6, 6.07) is 10.1. The predicted molar refractivity (Wildman–Crippen MR) is 85.0 cm³/mol.